The van der Waals surface area contributed by atoms with Gasteiger partial charge in [0.05, 0.1) is 19.3 Å². The lowest BCUT2D eigenvalue weighted by molar-refractivity contribution is -0.133. The molecule has 1 N–H and O–H groups in total. The molecule has 0 aliphatic carbocycles. The number of methoxy groups -OCH3 is 1. The van der Waals surface area contributed by atoms with Gasteiger partial charge in [-0.2, -0.15) is 0 Å². The topological polar surface area (TPSA) is 97.9 Å². The van der Waals surface area contributed by atoms with Gasteiger partial charge in [-0.05, 0) is 60.9 Å². The number of ether oxygens (including phenoxy) is 3. The first-order valence-corrected chi connectivity index (χ1v) is 10.6. The first-order valence-electron chi connectivity index (χ1n) is 10.6. The third-order valence-corrected chi connectivity index (χ3v) is 5.41. The summed E-state index contributed by atoms with van der Waals surface area (Å²) in [6.45, 7) is 5.19. The van der Waals surface area contributed by atoms with Crippen LogP contribution in [0.5, 0.6) is 5.75 Å². The maximum absolute atomic E-state index is 12.6. The molecule has 0 atom stereocenters. The van der Waals surface area contributed by atoms with Crippen molar-refractivity contribution < 1.29 is 28.6 Å². The van der Waals surface area contributed by atoms with Crippen LogP contribution in [0.3, 0.4) is 0 Å². The molecule has 0 spiro atoms. The summed E-state index contributed by atoms with van der Waals surface area (Å²) in [7, 11) is 3.28. The molecule has 0 fully saturated rings. The molecular weight excluding hydrogens is 424 g/mol. The molecule has 174 valence electrons. The Hall–Kier alpha value is -3.81. The Balaban J connectivity index is 1.62. The number of hydrogen-bond donors (Lipinski definition) is 1. The van der Waals surface area contributed by atoms with Crippen molar-refractivity contribution in [3.63, 3.8) is 0 Å². The number of H-pyrrole nitrogens is 1. The highest BCUT2D eigenvalue weighted by molar-refractivity contribution is 5.99. The normalized spacial score (nSPS) is 10.7. The zero-order valence-electron chi connectivity index (χ0n) is 19.5. The van der Waals surface area contributed by atoms with Crippen LogP contribution in [0.25, 0.3) is 10.8 Å². The van der Waals surface area contributed by atoms with E-state index in [0.717, 1.165) is 22.1 Å². The van der Waals surface area contributed by atoms with E-state index in [1.165, 1.54) is 4.90 Å². The van der Waals surface area contributed by atoms with Gasteiger partial charge in [0.25, 0.3) is 5.91 Å². The maximum Gasteiger partial charge on any atom is 0.355 e. The number of aromatic nitrogens is 1. The quantitative estimate of drug-likeness (QED) is 0.522. The van der Waals surface area contributed by atoms with Crippen molar-refractivity contribution in [1.29, 1.82) is 0 Å². The van der Waals surface area contributed by atoms with Crippen LogP contribution >= 0.6 is 0 Å². The van der Waals surface area contributed by atoms with Crippen molar-refractivity contribution in [3.8, 4) is 5.75 Å². The molecule has 0 radical (unpaired) electrons. The third-order valence-electron chi connectivity index (χ3n) is 5.41. The van der Waals surface area contributed by atoms with Crippen LogP contribution in [-0.4, -0.2) is 55.1 Å². The van der Waals surface area contributed by atoms with E-state index in [4.69, 9.17) is 14.2 Å². The van der Waals surface area contributed by atoms with Gasteiger partial charge in [0.2, 0.25) is 0 Å². The monoisotopic (exact) mass is 452 g/mol. The number of likely N-dealkylation sites (N-methyl/N-ethyl adjacent to an activating group) is 1. The van der Waals surface area contributed by atoms with Gasteiger partial charge in [-0.1, -0.05) is 18.2 Å². The van der Waals surface area contributed by atoms with E-state index in [0.29, 0.717) is 17.8 Å². The van der Waals surface area contributed by atoms with Gasteiger partial charge in [-0.3, -0.25) is 4.79 Å². The summed E-state index contributed by atoms with van der Waals surface area (Å²) in [6.07, 6.45) is 0. The Bertz CT molecular complexity index is 1200. The van der Waals surface area contributed by atoms with Crippen LogP contribution in [0.2, 0.25) is 0 Å². The number of hydrogen-bond acceptors (Lipinski definition) is 6. The number of amides is 1. The van der Waals surface area contributed by atoms with Gasteiger partial charge in [-0.15, -0.1) is 0 Å². The van der Waals surface area contributed by atoms with Gasteiger partial charge in [0, 0.05) is 19.3 Å². The number of nitrogens with one attached hydrogen (secondary N) is 1. The van der Waals surface area contributed by atoms with Crippen molar-refractivity contribution in [2.45, 2.75) is 27.3 Å². The average Bonchev–Trinajstić information content (AvgIpc) is 3.10. The maximum atomic E-state index is 12.6. The molecule has 2 aromatic carbocycles. The Morgan fingerprint density at radius 3 is 2.36 bits per heavy atom. The summed E-state index contributed by atoms with van der Waals surface area (Å²) in [5.74, 6) is -0.763. The first kappa shape index (κ1) is 23.8. The third kappa shape index (κ3) is 5.34. The van der Waals surface area contributed by atoms with E-state index in [2.05, 4.69) is 4.98 Å². The van der Waals surface area contributed by atoms with E-state index in [1.54, 1.807) is 34.9 Å². The molecule has 3 aromatic rings. The standard InChI is InChI=1S/C25H28N2O6/c1-6-32-25(30)23-15(2)22(16(3)26-23)24(29)33-14-21(28)27(4)13-17-7-8-19-12-20(31-5)10-9-18(19)11-17/h7-12,26H,6,13-14H2,1-5H3. The van der Waals surface area contributed by atoms with E-state index in [1.807, 2.05) is 36.4 Å². The average molecular weight is 453 g/mol. The SMILES string of the molecule is CCOC(=O)c1[nH]c(C)c(C(=O)OCC(=O)N(C)Cc2ccc3cc(OC)ccc3c2)c1C. The van der Waals surface area contributed by atoms with E-state index in [-0.39, 0.29) is 23.8 Å². The van der Waals surface area contributed by atoms with E-state index < -0.39 is 18.5 Å². The minimum absolute atomic E-state index is 0.207. The van der Waals surface area contributed by atoms with Crippen molar-refractivity contribution in [2.24, 2.45) is 0 Å². The highest BCUT2D eigenvalue weighted by Gasteiger charge is 2.24. The molecule has 0 saturated carbocycles. The number of nitrogens with zero attached hydrogens (tertiary/aromatic N) is 1. The van der Waals surface area contributed by atoms with Gasteiger partial charge >= 0.3 is 11.9 Å². The molecule has 0 unspecified atom stereocenters. The van der Waals surface area contributed by atoms with Crippen LogP contribution in [0.4, 0.5) is 0 Å². The zero-order chi connectivity index (χ0) is 24.1. The van der Waals surface area contributed by atoms with Crippen molar-refractivity contribution in [2.75, 3.05) is 27.4 Å². The van der Waals surface area contributed by atoms with Crippen LogP contribution < -0.4 is 4.74 Å². The minimum atomic E-state index is -0.668. The number of carbonyl (C=O) groups excluding carboxylic acids is 3. The van der Waals surface area contributed by atoms with Crippen molar-refractivity contribution in [3.05, 3.63) is 64.5 Å². The molecule has 1 amide bonds. The summed E-state index contributed by atoms with van der Waals surface area (Å²) in [6, 6.07) is 11.7. The second kappa shape index (κ2) is 10.2. The smallest absolute Gasteiger partial charge is 0.355 e. The summed E-state index contributed by atoms with van der Waals surface area (Å²) in [5, 5.41) is 2.08. The number of rotatable bonds is 8. The fourth-order valence-electron chi connectivity index (χ4n) is 3.63. The van der Waals surface area contributed by atoms with Gasteiger partial charge in [-0.25, -0.2) is 9.59 Å². The molecule has 3 rings (SSSR count). The number of benzene rings is 2. The minimum Gasteiger partial charge on any atom is -0.497 e. The Kier molecular flexibility index (Phi) is 7.37. The molecule has 0 bridgehead atoms. The molecule has 1 aromatic heterocycles. The Morgan fingerprint density at radius 1 is 0.970 bits per heavy atom. The van der Waals surface area contributed by atoms with Gasteiger partial charge in [0.15, 0.2) is 6.61 Å². The molecule has 0 saturated heterocycles. The number of fused-ring (bicyclic) bond motifs is 1. The summed E-state index contributed by atoms with van der Waals surface area (Å²) >= 11 is 0. The zero-order valence-corrected chi connectivity index (χ0v) is 19.5. The Labute approximate surface area is 192 Å². The predicted molar refractivity (Wildman–Crippen MR) is 123 cm³/mol. The molecule has 0 aliphatic rings. The van der Waals surface area contributed by atoms with Crippen LogP contribution in [0, 0.1) is 13.8 Å². The molecule has 8 nitrogen and oxygen atoms in total. The second-order valence-corrected chi connectivity index (χ2v) is 7.72. The van der Waals surface area contributed by atoms with Crippen LogP contribution in [-0.2, 0) is 20.8 Å². The van der Waals surface area contributed by atoms with Gasteiger partial charge in [0.1, 0.15) is 11.4 Å². The lowest BCUT2D eigenvalue weighted by Crippen LogP contribution is -2.31. The summed E-state index contributed by atoms with van der Waals surface area (Å²) < 4.78 is 15.5. The number of aromatic amines is 1. The summed E-state index contributed by atoms with van der Waals surface area (Å²) in [4.78, 5) is 41.5. The predicted octanol–water partition coefficient (Wildman–Crippen LogP) is 3.79. The second-order valence-electron chi connectivity index (χ2n) is 7.72. The molecule has 8 heteroatoms. The largest absolute Gasteiger partial charge is 0.497 e. The highest BCUT2D eigenvalue weighted by Crippen LogP contribution is 2.23. The molecule has 33 heavy (non-hydrogen) atoms. The lowest BCUT2D eigenvalue weighted by atomic mass is 10.1. The summed E-state index contributed by atoms with van der Waals surface area (Å²) in [5.41, 5.74) is 2.31. The lowest BCUT2D eigenvalue weighted by Gasteiger charge is -2.18. The Morgan fingerprint density at radius 2 is 1.67 bits per heavy atom. The van der Waals surface area contributed by atoms with E-state index in [9.17, 15) is 14.4 Å². The van der Waals surface area contributed by atoms with E-state index >= 15 is 0 Å². The molecular formula is C25H28N2O6. The fourth-order valence-corrected chi connectivity index (χ4v) is 3.63. The van der Waals surface area contributed by atoms with Crippen LogP contribution in [0.15, 0.2) is 36.4 Å². The number of esters is 2. The molecule has 0 aliphatic heterocycles. The van der Waals surface area contributed by atoms with Gasteiger partial charge < -0.3 is 24.1 Å². The van der Waals surface area contributed by atoms with Crippen molar-refractivity contribution in [1.82, 2.24) is 9.88 Å². The number of carbonyl (C=O) groups is 3. The number of aryl methyl sites for hydroxylation is 1. The molecule has 1 heterocycles. The highest BCUT2D eigenvalue weighted by atomic mass is 16.5. The van der Waals surface area contributed by atoms with Crippen LogP contribution in [0.1, 0.15) is 44.6 Å². The van der Waals surface area contributed by atoms with Crippen molar-refractivity contribution >= 4 is 28.6 Å². The first-order chi connectivity index (χ1) is 15.7. The fraction of sp³-hybridized carbons (Fsp3) is 0.320.